The third-order valence-electron chi connectivity index (χ3n) is 4.71. The molecule has 4 heteroatoms. The Balaban J connectivity index is 1.73. The summed E-state index contributed by atoms with van der Waals surface area (Å²) in [4.78, 5) is 0. The molecule has 0 aliphatic carbocycles. The predicted octanol–water partition coefficient (Wildman–Crippen LogP) is 0.322. The second kappa shape index (κ2) is 5.29. The topological polar surface area (TPSA) is 45.3 Å². The van der Waals surface area contributed by atoms with Crippen molar-refractivity contribution in [3.05, 3.63) is 11.6 Å². The molecule has 3 N–H and O–H groups in total. The average molecular weight is 251 g/mol. The molecule has 0 aromatic carbocycles. The number of hydrogen-bond acceptors (Lipinski definition) is 4. The molecule has 3 aliphatic heterocycles. The van der Waals surface area contributed by atoms with Crippen LogP contribution in [0.1, 0.15) is 13.3 Å². The van der Waals surface area contributed by atoms with E-state index in [1.165, 1.54) is 6.42 Å². The van der Waals surface area contributed by atoms with Gasteiger partial charge in [-0.15, -0.1) is 0 Å². The number of hydrogen-bond donors (Lipinski definition) is 3. The van der Waals surface area contributed by atoms with E-state index < -0.39 is 0 Å². The third-order valence-corrected chi connectivity index (χ3v) is 4.71. The highest BCUT2D eigenvalue weighted by Gasteiger charge is 2.41. The summed E-state index contributed by atoms with van der Waals surface area (Å²) in [6.45, 7) is 6.57. The van der Waals surface area contributed by atoms with Crippen LogP contribution in [0.15, 0.2) is 11.6 Å². The molecule has 3 heterocycles. The van der Waals surface area contributed by atoms with E-state index in [4.69, 9.17) is 4.74 Å². The zero-order valence-electron chi connectivity index (χ0n) is 11.4. The van der Waals surface area contributed by atoms with Crippen LogP contribution < -0.4 is 16.0 Å². The molecule has 3 aliphatic rings. The van der Waals surface area contributed by atoms with Crippen molar-refractivity contribution in [2.24, 2.45) is 17.8 Å². The van der Waals surface area contributed by atoms with E-state index in [2.05, 4.69) is 29.0 Å². The first kappa shape index (κ1) is 12.6. The minimum Gasteiger partial charge on any atom is -0.380 e. The highest BCUT2D eigenvalue weighted by molar-refractivity contribution is 5.18. The van der Waals surface area contributed by atoms with Crippen LogP contribution in [-0.2, 0) is 4.74 Å². The Kier molecular flexibility index (Phi) is 3.71. The molecule has 18 heavy (non-hydrogen) atoms. The average Bonchev–Trinajstić information content (AvgIpc) is 2.81. The first-order chi connectivity index (χ1) is 8.78. The van der Waals surface area contributed by atoms with Crippen molar-refractivity contribution in [3.8, 4) is 0 Å². The number of nitrogens with one attached hydrogen (secondary N) is 3. The molecular weight excluding hydrogens is 226 g/mol. The summed E-state index contributed by atoms with van der Waals surface area (Å²) in [7, 11) is 1.83. The van der Waals surface area contributed by atoms with E-state index in [1.807, 2.05) is 7.11 Å². The van der Waals surface area contributed by atoms with Gasteiger partial charge in [-0.05, 0) is 24.2 Å². The van der Waals surface area contributed by atoms with Gasteiger partial charge >= 0.3 is 0 Å². The maximum absolute atomic E-state index is 5.53. The maximum atomic E-state index is 5.53. The van der Waals surface area contributed by atoms with Gasteiger partial charge in [0.15, 0.2) is 0 Å². The van der Waals surface area contributed by atoms with E-state index in [-0.39, 0.29) is 0 Å². The van der Waals surface area contributed by atoms with Gasteiger partial charge in [0, 0.05) is 33.3 Å². The zero-order valence-corrected chi connectivity index (χ0v) is 11.4. The van der Waals surface area contributed by atoms with Crippen LogP contribution in [0, 0.1) is 17.8 Å². The van der Waals surface area contributed by atoms with Gasteiger partial charge in [0.1, 0.15) is 0 Å². The van der Waals surface area contributed by atoms with Crippen LogP contribution in [0.5, 0.6) is 0 Å². The van der Waals surface area contributed by atoms with Crippen molar-refractivity contribution in [1.29, 1.82) is 0 Å². The molecule has 5 atom stereocenters. The summed E-state index contributed by atoms with van der Waals surface area (Å²) in [5.41, 5.74) is 1.60. The van der Waals surface area contributed by atoms with Crippen LogP contribution in [0.2, 0.25) is 0 Å². The lowest BCUT2D eigenvalue weighted by Crippen LogP contribution is -2.51. The van der Waals surface area contributed by atoms with Crippen molar-refractivity contribution < 1.29 is 4.74 Å². The van der Waals surface area contributed by atoms with E-state index in [1.54, 1.807) is 5.57 Å². The van der Waals surface area contributed by atoms with E-state index in [0.717, 1.165) is 26.2 Å². The fraction of sp³-hybridized carbons (Fsp3) is 0.857. The number of rotatable bonds is 2. The summed E-state index contributed by atoms with van der Waals surface area (Å²) in [6.07, 6.45) is 4.53. The lowest BCUT2D eigenvalue weighted by atomic mass is 9.80. The molecule has 0 spiro atoms. The minimum atomic E-state index is 0.378. The van der Waals surface area contributed by atoms with Gasteiger partial charge in [0.2, 0.25) is 0 Å². The van der Waals surface area contributed by atoms with Crippen molar-refractivity contribution in [1.82, 2.24) is 16.0 Å². The zero-order chi connectivity index (χ0) is 12.5. The van der Waals surface area contributed by atoms with Gasteiger partial charge in [-0.2, -0.15) is 0 Å². The number of methoxy groups -OCH3 is 1. The van der Waals surface area contributed by atoms with Crippen molar-refractivity contribution in [3.63, 3.8) is 0 Å². The van der Waals surface area contributed by atoms with E-state index in [9.17, 15) is 0 Å². The predicted molar refractivity (Wildman–Crippen MR) is 72.3 cm³/mol. The summed E-state index contributed by atoms with van der Waals surface area (Å²) in [6, 6.07) is 0. The summed E-state index contributed by atoms with van der Waals surface area (Å²) in [5, 5.41) is 10.7. The summed E-state index contributed by atoms with van der Waals surface area (Å²) >= 11 is 0. The van der Waals surface area contributed by atoms with Gasteiger partial charge in [-0.3, -0.25) is 5.32 Å². The largest absolute Gasteiger partial charge is 0.380 e. The van der Waals surface area contributed by atoms with Gasteiger partial charge < -0.3 is 15.4 Å². The Morgan fingerprint density at radius 2 is 2.06 bits per heavy atom. The Bertz CT molecular complexity index is 331. The molecule has 0 aromatic heterocycles. The Morgan fingerprint density at radius 3 is 2.83 bits per heavy atom. The second-order valence-corrected chi connectivity index (χ2v) is 6.01. The molecular formula is C14H25N3O. The van der Waals surface area contributed by atoms with Crippen molar-refractivity contribution in [2.45, 2.75) is 25.6 Å². The summed E-state index contributed by atoms with van der Waals surface area (Å²) in [5.74, 6) is 2.03. The highest BCUT2D eigenvalue weighted by Crippen LogP contribution is 2.35. The quantitative estimate of drug-likeness (QED) is 0.619. The molecule has 4 nitrogen and oxygen atoms in total. The van der Waals surface area contributed by atoms with Gasteiger partial charge in [0.25, 0.3) is 0 Å². The van der Waals surface area contributed by atoms with Crippen molar-refractivity contribution in [2.75, 3.05) is 33.3 Å². The third kappa shape index (κ3) is 2.35. The molecule has 0 bridgehead atoms. The van der Waals surface area contributed by atoms with Gasteiger partial charge in [0.05, 0.1) is 12.3 Å². The van der Waals surface area contributed by atoms with Crippen LogP contribution in [0.25, 0.3) is 0 Å². The van der Waals surface area contributed by atoms with Crippen molar-refractivity contribution >= 4 is 0 Å². The smallest absolute Gasteiger partial charge is 0.0700 e. The first-order valence-corrected chi connectivity index (χ1v) is 7.19. The molecule has 0 aromatic rings. The molecule has 0 radical (unpaired) electrons. The van der Waals surface area contributed by atoms with Crippen LogP contribution in [-0.4, -0.2) is 45.6 Å². The van der Waals surface area contributed by atoms with Gasteiger partial charge in [-0.25, -0.2) is 0 Å². The maximum Gasteiger partial charge on any atom is 0.0700 e. The Labute approximate surface area is 110 Å². The molecule has 3 rings (SSSR count). The van der Waals surface area contributed by atoms with Crippen LogP contribution in [0.3, 0.4) is 0 Å². The normalized spacial score (nSPS) is 44.6. The second-order valence-electron chi connectivity index (χ2n) is 6.01. The highest BCUT2D eigenvalue weighted by atomic mass is 16.5. The standard InChI is InChI=1S/C14H25N3O/c1-9-3-10(6-15-5-9)13-8-17-14-12(13)4-11(18-2)7-16-14/h3,9,11-17H,4-8H2,1-2H3/t9-,11?,12?,13?,14?/m1/s1. The molecule has 0 amide bonds. The molecule has 4 unspecified atom stereocenters. The van der Waals surface area contributed by atoms with Gasteiger partial charge in [-0.1, -0.05) is 18.6 Å². The number of ether oxygens (including phenoxy) is 1. The fourth-order valence-corrected chi connectivity index (χ4v) is 3.73. The fourth-order valence-electron chi connectivity index (χ4n) is 3.73. The van der Waals surface area contributed by atoms with Crippen LogP contribution >= 0.6 is 0 Å². The van der Waals surface area contributed by atoms with Crippen LogP contribution in [0.4, 0.5) is 0 Å². The molecule has 102 valence electrons. The first-order valence-electron chi connectivity index (χ1n) is 7.19. The lowest BCUT2D eigenvalue weighted by molar-refractivity contribution is 0.0437. The van der Waals surface area contributed by atoms with E-state index in [0.29, 0.717) is 30.0 Å². The number of fused-ring (bicyclic) bond motifs is 1. The molecule has 2 fully saturated rings. The Hall–Kier alpha value is -0.420. The van der Waals surface area contributed by atoms with E-state index >= 15 is 0 Å². The Morgan fingerprint density at radius 1 is 1.22 bits per heavy atom. The number of piperidine rings is 1. The lowest BCUT2D eigenvalue weighted by Gasteiger charge is -2.36. The minimum absolute atomic E-state index is 0.378. The monoisotopic (exact) mass is 251 g/mol. The molecule has 2 saturated heterocycles. The summed E-state index contributed by atoms with van der Waals surface area (Å²) < 4.78 is 5.53. The SMILES string of the molecule is COC1CNC2NCC(C3=C[C@@H](C)CNC3)C2C1. The molecule has 0 saturated carbocycles.